The number of rotatable bonds is 9. The largest absolute Gasteiger partial charge is 0.496 e. The number of hydrogen-bond acceptors (Lipinski definition) is 5. The number of nitrogens with zero attached hydrogens (tertiary/aromatic N) is 1. The van der Waals surface area contributed by atoms with Crippen molar-refractivity contribution in [2.75, 3.05) is 27.4 Å². The van der Waals surface area contributed by atoms with Gasteiger partial charge in [0.25, 0.3) is 11.8 Å². The van der Waals surface area contributed by atoms with Gasteiger partial charge in [-0.2, -0.15) is 0 Å². The monoisotopic (exact) mass is 357 g/mol. The SMILES string of the molecule is COCCCNC(=O)c1cccc(C(=O)NCc2ccccc2OC)n1. The Morgan fingerprint density at radius 3 is 2.35 bits per heavy atom. The summed E-state index contributed by atoms with van der Waals surface area (Å²) in [6, 6.07) is 12.2. The van der Waals surface area contributed by atoms with Crippen LogP contribution in [0.3, 0.4) is 0 Å². The van der Waals surface area contributed by atoms with E-state index in [2.05, 4.69) is 15.6 Å². The average Bonchev–Trinajstić information content (AvgIpc) is 2.69. The number of benzene rings is 1. The lowest BCUT2D eigenvalue weighted by Gasteiger charge is -2.10. The number of para-hydroxylation sites is 1. The van der Waals surface area contributed by atoms with Crippen LogP contribution in [-0.2, 0) is 11.3 Å². The zero-order valence-corrected chi connectivity index (χ0v) is 15.0. The highest BCUT2D eigenvalue weighted by Gasteiger charge is 2.12. The van der Waals surface area contributed by atoms with Crippen molar-refractivity contribution < 1.29 is 19.1 Å². The van der Waals surface area contributed by atoms with Crippen LogP contribution >= 0.6 is 0 Å². The van der Waals surface area contributed by atoms with Gasteiger partial charge in [-0.3, -0.25) is 9.59 Å². The van der Waals surface area contributed by atoms with Crippen molar-refractivity contribution in [2.45, 2.75) is 13.0 Å². The number of aromatic nitrogens is 1. The second-order valence-electron chi connectivity index (χ2n) is 5.50. The molecule has 2 aromatic rings. The lowest BCUT2D eigenvalue weighted by molar-refractivity contribution is 0.0940. The molecule has 0 saturated carbocycles. The molecule has 26 heavy (non-hydrogen) atoms. The van der Waals surface area contributed by atoms with Gasteiger partial charge in [0, 0.05) is 32.4 Å². The predicted octanol–water partition coefficient (Wildman–Crippen LogP) is 1.79. The van der Waals surface area contributed by atoms with Crippen LogP contribution in [0.5, 0.6) is 5.75 Å². The molecule has 0 unspecified atom stereocenters. The maximum Gasteiger partial charge on any atom is 0.270 e. The summed E-state index contributed by atoms with van der Waals surface area (Å²) in [5.74, 6) is 0.0235. The van der Waals surface area contributed by atoms with Crippen LogP contribution in [-0.4, -0.2) is 44.2 Å². The molecule has 2 N–H and O–H groups in total. The van der Waals surface area contributed by atoms with E-state index >= 15 is 0 Å². The third-order valence-corrected chi connectivity index (χ3v) is 3.66. The highest BCUT2D eigenvalue weighted by atomic mass is 16.5. The van der Waals surface area contributed by atoms with Gasteiger partial charge in [0.1, 0.15) is 17.1 Å². The fourth-order valence-corrected chi connectivity index (χ4v) is 2.31. The highest BCUT2D eigenvalue weighted by molar-refractivity contribution is 5.96. The smallest absolute Gasteiger partial charge is 0.270 e. The number of carbonyl (C=O) groups is 2. The first kappa shape index (κ1) is 19.4. The molecular weight excluding hydrogens is 334 g/mol. The van der Waals surface area contributed by atoms with Gasteiger partial charge in [0.2, 0.25) is 0 Å². The van der Waals surface area contributed by atoms with E-state index < -0.39 is 0 Å². The Hall–Kier alpha value is -2.93. The summed E-state index contributed by atoms with van der Waals surface area (Å²) in [5.41, 5.74) is 1.24. The van der Waals surface area contributed by atoms with Gasteiger partial charge >= 0.3 is 0 Å². The third kappa shape index (κ3) is 5.56. The second kappa shape index (κ2) is 10.1. The number of hydrogen-bond donors (Lipinski definition) is 2. The van der Waals surface area contributed by atoms with Gasteiger partial charge in [-0.15, -0.1) is 0 Å². The Morgan fingerprint density at radius 2 is 1.65 bits per heavy atom. The topological polar surface area (TPSA) is 89.5 Å². The number of methoxy groups -OCH3 is 2. The Kier molecular flexibility index (Phi) is 7.57. The summed E-state index contributed by atoms with van der Waals surface area (Å²) in [4.78, 5) is 28.6. The lowest BCUT2D eigenvalue weighted by Crippen LogP contribution is -2.28. The molecule has 138 valence electrons. The van der Waals surface area contributed by atoms with E-state index in [1.807, 2.05) is 24.3 Å². The van der Waals surface area contributed by atoms with Gasteiger partial charge in [-0.05, 0) is 24.6 Å². The maximum absolute atomic E-state index is 12.3. The van der Waals surface area contributed by atoms with Crippen molar-refractivity contribution in [3.8, 4) is 5.75 Å². The summed E-state index contributed by atoms with van der Waals surface area (Å²) in [5, 5.41) is 5.53. The predicted molar refractivity (Wildman–Crippen MR) is 97.2 cm³/mol. The molecule has 0 bridgehead atoms. The summed E-state index contributed by atoms with van der Waals surface area (Å²) >= 11 is 0. The second-order valence-corrected chi connectivity index (χ2v) is 5.50. The van der Waals surface area contributed by atoms with Crippen molar-refractivity contribution >= 4 is 11.8 Å². The number of ether oxygens (including phenoxy) is 2. The zero-order valence-electron chi connectivity index (χ0n) is 15.0. The van der Waals surface area contributed by atoms with Crippen molar-refractivity contribution in [1.29, 1.82) is 0 Å². The van der Waals surface area contributed by atoms with Gasteiger partial charge in [-0.25, -0.2) is 4.98 Å². The van der Waals surface area contributed by atoms with Crippen molar-refractivity contribution in [2.24, 2.45) is 0 Å². The molecule has 0 radical (unpaired) electrons. The molecule has 7 nitrogen and oxygen atoms in total. The van der Waals surface area contributed by atoms with Gasteiger partial charge in [0.05, 0.1) is 7.11 Å². The number of pyridine rings is 1. The fraction of sp³-hybridized carbons (Fsp3) is 0.316. The summed E-state index contributed by atoms with van der Waals surface area (Å²) in [6.45, 7) is 1.36. The quantitative estimate of drug-likeness (QED) is 0.668. The number of amides is 2. The summed E-state index contributed by atoms with van der Waals surface area (Å²) in [6.07, 6.45) is 0.710. The van der Waals surface area contributed by atoms with E-state index in [1.54, 1.807) is 32.4 Å². The van der Waals surface area contributed by atoms with Gasteiger partial charge in [-0.1, -0.05) is 24.3 Å². The normalized spacial score (nSPS) is 10.2. The minimum atomic E-state index is -0.357. The van der Waals surface area contributed by atoms with E-state index in [9.17, 15) is 9.59 Å². The minimum absolute atomic E-state index is 0.185. The number of nitrogens with one attached hydrogen (secondary N) is 2. The van der Waals surface area contributed by atoms with Crippen LogP contribution < -0.4 is 15.4 Å². The first-order chi connectivity index (χ1) is 12.7. The van der Waals surface area contributed by atoms with E-state index in [-0.39, 0.29) is 23.2 Å². The van der Waals surface area contributed by atoms with Crippen LogP contribution in [0.4, 0.5) is 0 Å². The van der Waals surface area contributed by atoms with E-state index in [1.165, 1.54) is 0 Å². The Morgan fingerprint density at radius 1 is 0.962 bits per heavy atom. The Bertz CT molecular complexity index is 749. The molecule has 0 aliphatic heterocycles. The standard InChI is InChI=1S/C19H23N3O4/c1-25-12-6-11-20-18(23)15-8-5-9-16(22-15)19(24)21-13-14-7-3-4-10-17(14)26-2/h3-5,7-10H,6,11-13H2,1-2H3,(H,20,23)(H,21,24). The van der Waals surface area contributed by atoms with Crippen molar-refractivity contribution in [3.63, 3.8) is 0 Å². The molecule has 7 heteroatoms. The van der Waals surface area contributed by atoms with Crippen molar-refractivity contribution in [3.05, 3.63) is 59.4 Å². The molecule has 0 aliphatic rings. The Balaban J connectivity index is 1.96. The first-order valence-electron chi connectivity index (χ1n) is 8.30. The average molecular weight is 357 g/mol. The molecule has 1 aromatic carbocycles. The fourth-order valence-electron chi connectivity index (χ4n) is 2.31. The first-order valence-corrected chi connectivity index (χ1v) is 8.30. The third-order valence-electron chi connectivity index (χ3n) is 3.66. The molecular formula is C19H23N3O4. The van der Waals surface area contributed by atoms with E-state index in [0.717, 1.165) is 5.56 Å². The summed E-state index contributed by atoms with van der Waals surface area (Å²) < 4.78 is 10.2. The minimum Gasteiger partial charge on any atom is -0.496 e. The molecule has 1 aromatic heterocycles. The molecule has 2 amide bonds. The van der Waals surface area contributed by atoms with Crippen molar-refractivity contribution in [1.82, 2.24) is 15.6 Å². The molecule has 2 rings (SSSR count). The van der Waals surface area contributed by atoms with E-state index in [4.69, 9.17) is 9.47 Å². The van der Waals surface area contributed by atoms with Gasteiger partial charge in [0.15, 0.2) is 0 Å². The Labute approximate surface area is 152 Å². The van der Waals surface area contributed by atoms with Crippen LogP contribution in [0.25, 0.3) is 0 Å². The van der Waals surface area contributed by atoms with Gasteiger partial charge < -0.3 is 20.1 Å². The van der Waals surface area contributed by atoms with E-state index in [0.29, 0.717) is 31.9 Å². The maximum atomic E-state index is 12.3. The lowest BCUT2D eigenvalue weighted by atomic mass is 10.2. The summed E-state index contributed by atoms with van der Waals surface area (Å²) in [7, 11) is 3.19. The molecule has 0 saturated heterocycles. The molecule has 1 heterocycles. The van der Waals surface area contributed by atoms with Crippen LogP contribution in [0.1, 0.15) is 33.0 Å². The highest BCUT2D eigenvalue weighted by Crippen LogP contribution is 2.16. The number of carbonyl (C=O) groups excluding carboxylic acids is 2. The molecule has 0 fully saturated rings. The zero-order chi connectivity index (χ0) is 18.8. The molecule has 0 atom stereocenters. The molecule has 0 aliphatic carbocycles. The molecule has 0 spiro atoms. The van der Waals surface area contributed by atoms with Crippen LogP contribution in [0.2, 0.25) is 0 Å². The van der Waals surface area contributed by atoms with Crippen LogP contribution in [0, 0.1) is 0 Å². The van der Waals surface area contributed by atoms with Crippen LogP contribution in [0.15, 0.2) is 42.5 Å².